The molecule has 1 saturated heterocycles. The second-order valence-electron chi connectivity index (χ2n) is 7.68. The lowest BCUT2D eigenvalue weighted by Crippen LogP contribution is -2.54. The molecule has 1 heterocycles. The van der Waals surface area contributed by atoms with E-state index in [2.05, 4.69) is 37.2 Å². The molecule has 4 amide bonds. The zero-order valence-electron chi connectivity index (χ0n) is 19.4. The van der Waals surface area contributed by atoms with Gasteiger partial charge in [-0.2, -0.15) is 8.42 Å². The number of hydrogen-bond donors (Lipinski definition) is 1. The van der Waals surface area contributed by atoms with E-state index in [-0.39, 0.29) is 26.4 Å². The van der Waals surface area contributed by atoms with Crippen LogP contribution in [0.3, 0.4) is 0 Å². The van der Waals surface area contributed by atoms with Gasteiger partial charge < -0.3 is 8.92 Å². The lowest BCUT2D eigenvalue weighted by atomic mass is 10.1. The van der Waals surface area contributed by atoms with Gasteiger partial charge in [0.2, 0.25) is 0 Å². The summed E-state index contributed by atoms with van der Waals surface area (Å²) in [5.74, 6) is -1.51. The fourth-order valence-corrected chi connectivity index (χ4v) is 5.98. The van der Waals surface area contributed by atoms with E-state index >= 15 is 0 Å². The number of amides is 4. The highest BCUT2D eigenvalue weighted by Gasteiger charge is 2.37. The topological polar surface area (TPSA) is 119 Å². The van der Waals surface area contributed by atoms with Crippen molar-refractivity contribution >= 4 is 83.2 Å². The predicted molar refractivity (Wildman–Crippen MR) is 148 cm³/mol. The van der Waals surface area contributed by atoms with Crippen LogP contribution in [-0.4, -0.2) is 32.9 Å². The van der Waals surface area contributed by atoms with Gasteiger partial charge in [-0.3, -0.25) is 14.9 Å². The van der Waals surface area contributed by atoms with Gasteiger partial charge in [-0.1, -0.05) is 27.5 Å². The Kier molecular flexibility index (Phi) is 8.26. The minimum absolute atomic E-state index is 0.0725. The number of nitrogens with one attached hydrogen (secondary N) is 1. The molecule has 0 atom stereocenters. The van der Waals surface area contributed by atoms with Crippen LogP contribution >= 0.6 is 43.5 Å². The van der Waals surface area contributed by atoms with Crippen LogP contribution < -0.4 is 19.1 Å². The molecule has 3 aromatic rings. The van der Waals surface area contributed by atoms with Crippen molar-refractivity contribution in [1.29, 1.82) is 0 Å². The minimum Gasteiger partial charge on any atom is -0.494 e. The van der Waals surface area contributed by atoms with E-state index in [1.165, 1.54) is 48.5 Å². The third-order valence-corrected chi connectivity index (χ3v) is 7.67. The van der Waals surface area contributed by atoms with Gasteiger partial charge in [0.15, 0.2) is 5.75 Å². The number of rotatable bonds is 7. The van der Waals surface area contributed by atoms with Gasteiger partial charge in [-0.05, 0) is 89.6 Å². The molecule has 196 valence electrons. The second kappa shape index (κ2) is 11.3. The number of urea groups is 1. The normalized spacial score (nSPS) is 15.0. The van der Waals surface area contributed by atoms with Crippen molar-refractivity contribution in [2.24, 2.45) is 0 Å². The van der Waals surface area contributed by atoms with E-state index in [1.807, 2.05) is 6.92 Å². The Balaban J connectivity index is 1.75. The summed E-state index contributed by atoms with van der Waals surface area (Å²) in [7, 11) is -4.32. The number of ether oxygens (including phenoxy) is 1. The van der Waals surface area contributed by atoms with E-state index in [0.29, 0.717) is 21.9 Å². The van der Waals surface area contributed by atoms with Crippen LogP contribution in [0, 0.1) is 0 Å². The maximum absolute atomic E-state index is 13.3. The smallest absolute Gasteiger partial charge is 0.339 e. The Hall–Kier alpha value is -3.19. The number of carbonyl (C=O) groups is 3. The van der Waals surface area contributed by atoms with Crippen LogP contribution in [0.4, 0.5) is 10.5 Å². The highest BCUT2D eigenvalue weighted by atomic mass is 79.9. The number of hydrogen-bond acceptors (Lipinski definition) is 7. The fraction of sp³-hybridized carbons (Fsp3) is 0.0800. The van der Waals surface area contributed by atoms with E-state index in [0.717, 1.165) is 11.0 Å². The zero-order chi connectivity index (χ0) is 27.6. The third kappa shape index (κ3) is 5.93. The number of barbiturate groups is 1. The lowest BCUT2D eigenvalue weighted by molar-refractivity contribution is -0.122. The first-order chi connectivity index (χ1) is 18.0. The van der Waals surface area contributed by atoms with E-state index in [1.54, 1.807) is 12.1 Å². The molecule has 0 spiro atoms. The van der Waals surface area contributed by atoms with Gasteiger partial charge in [0, 0.05) is 15.1 Å². The van der Waals surface area contributed by atoms with Crippen LogP contribution in [0.25, 0.3) is 6.08 Å². The Morgan fingerprint density at radius 2 is 1.66 bits per heavy atom. The molecule has 0 bridgehead atoms. The van der Waals surface area contributed by atoms with Gasteiger partial charge >= 0.3 is 16.1 Å². The average molecular weight is 685 g/mol. The van der Waals surface area contributed by atoms with Gasteiger partial charge in [-0.25, -0.2) is 9.69 Å². The highest BCUT2D eigenvalue weighted by Crippen LogP contribution is 2.37. The summed E-state index contributed by atoms with van der Waals surface area (Å²) in [6, 6.07) is 13.6. The highest BCUT2D eigenvalue weighted by molar-refractivity contribution is 9.11. The van der Waals surface area contributed by atoms with E-state index < -0.39 is 33.5 Å². The first kappa shape index (κ1) is 27.8. The lowest BCUT2D eigenvalue weighted by Gasteiger charge is -2.26. The molecule has 1 aliphatic rings. The molecule has 9 nitrogen and oxygen atoms in total. The molecule has 0 aromatic heterocycles. The summed E-state index contributed by atoms with van der Waals surface area (Å²) >= 11 is 12.4. The molecule has 1 N–H and O–H groups in total. The number of halogens is 3. The molecule has 3 aromatic carbocycles. The summed E-state index contributed by atoms with van der Waals surface area (Å²) < 4.78 is 37.4. The van der Waals surface area contributed by atoms with Crippen LogP contribution in [0.2, 0.25) is 5.02 Å². The maximum Gasteiger partial charge on any atom is 0.339 e. The molecule has 38 heavy (non-hydrogen) atoms. The summed E-state index contributed by atoms with van der Waals surface area (Å²) in [5.41, 5.74) is -0.146. The summed E-state index contributed by atoms with van der Waals surface area (Å²) in [5, 5.41) is 2.47. The van der Waals surface area contributed by atoms with Crippen LogP contribution in [0.1, 0.15) is 12.5 Å². The number of anilines is 1. The Morgan fingerprint density at radius 3 is 2.29 bits per heavy atom. The Morgan fingerprint density at radius 1 is 1.00 bits per heavy atom. The zero-order valence-corrected chi connectivity index (χ0v) is 24.1. The first-order valence-electron chi connectivity index (χ1n) is 10.8. The molecule has 0 unspecified atom stereocenters. The molecular formula is C25H17Br2ClN2O7S. The van der Waals surface area contributed by atoms with Crippen molar-refractivity contribution in [1.82, 2.24) is 5.32 Å². The van der Waals surface area contributed by atoms with Crippen LogP contribution in [0.15, 0.2) is 80.1 Å². The first-order valence-corrected chi connectivity index (χ1v) is 14.2. The van der Waals surface area contributed by atoms with Gasteiger partial charge in [0.05, 0.1) is 16.8 Å². The van der Waals surface area contributed by atoms with Gasteiger partial charge in [0.25, 0.3) is 11.8 Å². The van der Waals surface area contributed by atoms with E-state index in [4.69, 9.17) is 20.5 Å². The number of benzene rings is 3. The molecule has 1 fully saturated rings. The van der Waals surface area contributed by atoms with Crippen molar-refractivity contribution in [3.05, 3.63) is 85.8 Å². The summed E-state index contributed by atoms with van der Waals surface area (Å²) in [6.07, 6.45) is 1.15. The van der Waals surface area contributed by atoms with E-state index in [9.17, 15) is 22.8 Å². The molecular weight excluding hydrogens is 668 g/mol. The van der Waals surface area contributed by atoms with Crippen LogP contribution in [0.5, 0.6) is 11.5 Å². The molecule has 0 saturated carbocycles. The number of nitrogens with zero attached hydrogens (tertiary/aromatic N) is 1. The van der Waals surface area contributed by atoms with Crippen molar-refractivity contribution in [2.45, 2.75) is 11.8 Å². The number of imide groups is 2. The van der Waals surface area contributed by atoms with Gasteiger partial charge in [0.1, 0.15) is 16.2 Å². The van der Waals surface area contributed by atoms with Crippen molar-refractivity contribution in [3.63, 3.8) is 0 Å². The standard InChI is InChI=1S/C25H17Br2ClN2O7S/c1-2-36-18-7-5-17(6-8-18)30-24(32)20(23(31)29-25(30)33)12-14-11-15(26)13-21(27)22(14)37-38(34,35)19-9-3-16(28)4-10-19/h3-13H,2H2,1H3,(H,29,31,33)/b20-12+. The Labute approximate surface area is 239 Å². The summed E-state index contributed by atoms with van der Waals surface area (Å²) in [6.45, 7) is 2.25. The molecule has 13 heteroatoms. The Bertz CT molecular complexity index is 1570. The van der Waals surface area contributed by atoms with Crippen molar-refractivity contribution in [3.8, 4) is 11.5 Å². The predicted octanol–water partition coefficient (Wildman–Crippen LogP) is 5.70. The second-order valence-corrected chi connectivity index (χ2v) is 11.4. The summed E-state index contributed by atoms with van der Waals surface area (Å²) in [4.78, 5) is 39.2. The third-order valence-electron chi connectivity index (χ3n) is 5.14. The fourth-order valence-electron chi connectivity index (χ4n) is 3.44. The number of carbonyl (C=O) groups excluding carboxylic acids is 3. The quantitative estimate of drug-likeness (QED) is 0.193. The monoisotopic (exact) mass is 682 g/mol. The molecule has 1 aliphatic heterocycles. The average Bonchev–Trinajstić information content (AvgIpc) is 2.85. The van der Waals surface area contributed by atoms with Crippen molar-refractivity contribution < 1.29 is 31.7 Å². The molecule has 4 rings (SSSR count). The van der Waals surface area contributed by atoms with Gasteiger partial charge in [-0.15, -0.1) is 0 Å². The van der Waals surface area contributed by atoms with Crippen LogP contribution in [-0.2, 0) is 19.7 Å². The molecule has 0 aliphatic carbocycles. The maximum atomic E-state index is 13.3. The van der Waals surface area contributed by atoms with Crippen molar-refractivity contribution in [2.75, 3.05) is 11.5 Å². The molecule has 0 radical (unpaired) electrons. The minimum atomic E-state index is -4.32. The SMILES string of the molecule is CCOc1ccc(N2C(=O)NC(=O)/C(=C\c3cc(Br)cc(Br)c3OS(=O)(=O)c3ccc(Cl)cc3)C2=O)cc1. The largest absolute Gasteiger partial charge is 0.494 e.